The lowest BCUT2D eigenvalue weighted by molar-refractivity contribution is -0.189. The standard InChI is InChI=1S/C23H20N2O5.C4H10/c1-3-19(26)30-23(4-2)16-10-18-20-14(9-13-7-5-6-8-17(13)24-20)11-25(18)21(27)15(16)12-29-22(23)28;1-3-4-2/h5-10H,3-4,11-12H2,1-2H3;3-4H2,1-2H3/t23-;/m0./s1. The van der Waals surface area contributed by atoms with Crippen LogP contribution in [0.15, 0.2) is 41.2 Å². The molecule has 2 aliphatic heterocycles. The minimum absolute atomic E-state index is 0.116. The summed E-state index contributed by atoms with van der Waals surface area (Å²) in [5, 5.41) is 1.00. The Hall–Kier alpha value is -3.48. The van der Waals surface area contributed by atoms with Crippen molar-refractivity contribution in [2.24, 2.45) is 0 Å². The Kier molecular flexibility index (Phi) is 6.55. The van der Waals surface area contributed by atoms with Crippen LogP contribution in [0.2, 0.25) is 0 Å². The number of carbonyl (C=O) groups excluding carboxylic acids is 2. The number of para-hydroxylation sites is 1. The summed E-state index contributed by atoms with van der Waals surface area (Å²) < 4.78 is 12.5. The topological polar surface area (TPSA) is 87.5 Å². The molecule has 0 saturated carbocycles. The van der Waals surface area contributed by atoms with Crippen LogP contribution in [-0.2, 0) is 37.8 Å². The van der Waals surface area contributed by atoms with Crippen LogP contribution in [0.4, 0.5) is 0 Å². The number of rotatable bonds is 4. The van der Waals surface area contributed by atoms with E-state index < -0.39 is 17.5 Å². The number of cyclic esters (lactones) is 1. The molecule has 0 aliphatic carbocycles. The predicted molar refractivity (Wildman–Crippen MR) is 129 cm³/mol. The summed E-state index contributed by atoms with van der Waals surface area (Å²) in [6, 6.07) is 11.6. The molecule has 178 valence electrons. The Bertz CT molecular complexity index is 1320. The van der Waals surface area contributed by atoms with Crippen molar-refractivity contribution in [3.05, 3.63) is 63.4 Å². The number of nitrogens with zero attached hydrogens (tertiary/aromatic N) is 2. The number of esters is 2. The quantitative estimate of drug-likeness (QED) is 0.403. The van der Waals surface area contributed by atoms with Gasteiger partial charge in [-0.15, -0.1) is 0 Å². The van der Waals surface area contributed by atoms with Gasteiger partial charge in [0.15, 0.2) is 0 Å². The highest BCUT2D eigenvalue weighted by atomic mass is 16.6. The van der Waals surface area contributed by atoms with E-state index >= 15 is 0 Å². The van der Waals surface area contributed by atoms with Gasteiger partial charge in [-0.2, -0.15) is 0 Å². The zero-order valence-electron chi connectivity index (χ0n) is 20.1. The molecule has 0 saturated heterocycles. The van der Waals surface area contributed by atoms with E-state index in [1.54, 1.807) is 24.5 Å². The smallest absolute Gasteiger partial charge is 0.355 e. The maximum atomic E-state index is 13.3. The number of unbranched alkanes of at least 4 members (excludes halogenated alkanes) is 1. The van der Waals surface area contributed by atoms with Gasteiger partial charge in [0.05, 0.1) is 29.0 Å². The molecule has 3 aromatic rings. The highest BCUT2D eigenvalue weighted by Gasteiger charge is 2.50. The molecule has 0 unspecified atom stereocenters. The third kappa shape index (κ3) is 3.79. The van der Waals surface area contributed by atoms with Gasteiger partial charge in [0.1, 0.15) is 6.61 Å². The van der Waals surface area contributed by atoms with Gasteiger partial charge in [0, 0.05) is 22.9 Å². The molecular formula is C27H30N2O5. The highest BCUT2D eigenvalue weighted by molar-refractivity contribution is 5.88. The van der Waals surface area contributed by atoms with Crippen LogP contribution in [0.1, 0.15) is 70.1 Å². The number of ether oxygens (including phenoxy) is 2. The van der Waals surface area contributed by atoms with Gasteiger partial charge in [-0.05, 0) is 24.6 Å². The normalized spacial score (nSPS) is 17.7. The van der Waals surface area contributed by atoms with Gasteiger partial charge in [-0.25, -0.2) is 9.78 Å². The van der Waals surface area contributed by atoms with E-state index in [9.17, 15) is 14.4 Å². The molecule has 7 nitrogen and oxygen atoms in total. The maximum absolute atomic E-state index is 13.3. The van der Waals surface area contributed by atoms with Crippen LogP contribution in [0.25, 0.3) is 22.3 Å². The molecule has 7 heteroatoms. The molecule has 0 radical (unpaired) electrons. The van der Waals surface area contributed by atoms with Crippen molar-refractivity contribution in [1.29, 1.82) is 0 Å². The number of aromatic nitrogens is 2. The van der Waals surface area contributed by atoms with Crippen molar-refractivity contribution in [1.82, 2.24) is 9.55 Å². The number of benzene rings is 1. The average molecular weight is 463 g/mol. The minimum Gasteiger partial charge on any atom is -0.457 e. The summed E-state index contributed by atoms with van der Waals surface area (Å²) in [4.78, 5) is 43.0. The van der Waals surface area contributed by atoms with Crippen molar-refractivity contribution in [3.63, 3.8) is 0 Å². The molecule has 1 aromatic carbocycles. The largest absolute Gasteiger partial charge is 0.457 e. The van der Waals surface area contributed by atoms with Gasteiger partial charge in [-0.1, -0.05) is 58.7 Å². The molecule has 34 heavy (non-hydrogen) atoms. The highest BCUT2D eigenvalue weighted by Crippen LogP contribution is 2.41. The summed E-state index contributed by atoms with van der Waals surface area (Å²) in [5.41, 5.74) is 1.99. The molecule has 0 amide bonds. The van der Waals surface area contributed by atoms with Crippen LogP contribution < -0.4 is 5.56 Å². The Morgan fingerprint density at radius 1 is 1.12 bits per heavy atom. The van der Waals surface area contributed by atoms with Crippen LogP contribution in [0.3, 0.4) is 0 Å². The fourth-order valence-corrected chi connectivity index (χ4v) is 4.35. The molecular weight excluding hydrogens is 432 g/mol. The zero-order valence-corrected chi connectivity index (χ0v) is 20.1. The van der Waals surface area contributed by atoms with Crippen molar-refractivity contribution < 1.29 is 19.1 Å². The van der Waals surface area contributed by atoms with Crippen molar-refractivity contribution >= 4 is 22.8 Å². The third-order valence-electron chi connectivity index (χ3n) is 6.46. The van der Waals surface area contributed by atoms with Crippen molar-refractivity contribution in [3.8, 4) is 11.4 Å². The number of hydrogen-bond donors (Lipinski definition) is 0. The fraction of sp³-hybridized carbons (Fsp3) is 0.407. The van der Waals surface area contributed by atoms with E-state index in [0.717, 1.165) is 16.5 Å². The van der Waals surface area contributed by atoms with Crippen LogP contribution in [0, 0.1) is 0 Å². The Morgan fingerprint density at radius 3 is 2.53 bits per heavy atom. The molecule has 2 aromatic heterocycles. The molecule has 4 heterocycles. The second-order valence-corrected chi connectivity index (χ2v) is 8.59. The molecule has 5 rings (SSSR count). The second-order valence-electron chi connectivity index (χ2n) is 8.59. The lowest BCUT2D eigenvalue weighted by Gasteiger charge is -2.35. The summed E-state index contributed by atoms with van der Waals surface area (Å²) >= 11 is 0. The number of hydrogen-bond acceptors (Lipinski definition) is 6. The summed E-state index contributed by atoms with van der Waals surface area (Å²) in [7, 11) is 0. The van der Waals surface area contributed by atoms with E-state index in [-0.39, 0.29) is 25.0 Å². The first kappa shape index (κ1) is 23.7. The van der Waals surface area contributed by atoms with E-state index in [1.165, 1.54) is 12.8 Å². The van der Waals surface area contributed by atoms with Crippen molar-refractivity contribution in [2.45, 2.75) is 72.1 Å². The summed E-state index contributed by atoms with van der Waals surface area (Å²) in [6.45, 7) is 8.02. The molecule has 0 bridgehead atoms. The monoisotopic (exact) mass is 462 g/mol. The summed E-state index contributed by atoms with van der Waals surface area (Å²) in [6.07, 6.45) is 2.93. The van der Waals surface area contributed by atoms with Crippen LogP contribution in [0.5, 0.6) is 0 Å². The maximum Gasteiger partial charge on any atom is 0.355 e. The number of pyridine rings is 2. The van der Waals surface area contributed by atoms with E-state index in [0.29, 0.717) is 29.1 Å². The zero-order chi connectivity index (χ0) is 24.5. The molecule has 1 atom stereocenters. The van der Waals surface area contributed by atoms with Gasteiger partial charge in [0.2, 0.25) is 5.60 Å². The Balaban J connectivity index is 0.000000636. The van der Waals surface area contributed by atoms with Gasteiger partial charge in [0.25, 0.3) is 5.56 Å². The fourth-order valence-electron chi connectivity index (χ4n) is 4.35. The van der Waals surface area contributed by atoms with Gasteiger partial charge >= 0.3 is 11.9 Å². The molecule has 0 N–H and O–H groups in total. The lowest BCUT2D eigenvalue weighted by atomic mass is 9.85. The summed E-state index contributed by atoms with van der Waals surface area (Å²) in [5.74, 6) is -1.17. The molecule has 2 aliphatic rings. The molecule has 0 spiro atoms. The van der Waals surface area contributed by atoms with E-state index in [4.69, 9.17) is 14.5 Å². The predicted octanol–water partition coefficient (Wildman–Crippen LogP) is 4.85. The first-order chi connectivity index (χ1) is 16.4. The SMILES string of the molecule is CCC(=O)O[C@]1(CC)C(=O)OCc2c1cc1n(c2=O)Cc2cc3ccccc3nc2-1.CCCC. The number of carbonyl (C=O) groups is 2. The van der Waals surface area contributed by atoms with Crippen LogP contribution in [-0.4, -0.2) is 21.5 Å². The van der Waals surface area contributed by atoms with Crippen molar-refractivity contribution in [2.75, 3.05) is 0 Å². The van der Waals surface area contributed by atoms with Gasteiger partial charge in [-0.3, -0.25) is 9.59 Å². The minimum atomic E-state index is -1.62. The Labute approximate surface area is 198 Å². The van der Waals surface area contributed by atoms with Gasteiger partial charge < -0.3 is 14.0 Å². The average Bonchev–Trinajstić information content (AvgIpc) is 3.22. The molecule has 0 fully saturated rings. The Morgan fingerprint density at radius 2 is 1.85 bits per heavy atom. The van der Waals surface area contributed by atoms with E-state index in [2.05, 4.69) is 13.8 Å². The first-order valence-corrected chi connectivity index (χ1v) is 11.9. The van der Waals surface area contributed by atoms with Crippen LogP contribution >= 0.6 is 0 Å². The lowest BCUT2D eigenvalue weighted by Crippen LogP contribution is -2.47. The first-order valence-electron chi connectivity index (χ1n) is 11.9. The third-order valence-corrected chi connectivity index (χ3v) is 6.46. The number of fused-ring (bicyclic) bond motifs is 5. The van der Waals surface area contributed by atoms with E-state index in [1.807, 2.05) is 30.3 Å². The second kappa shape index (κ2) is 9.41.